The van der Waals surface area contributed by atoms with Gasteiger partial charge >= 0.3 is 5.97 Å². The van der Waals surface area contributed by atoms with Gasteiger partial charge in [0.05, 0.1) is 18.1 Å². The number of nitrogens with one attached hydrogen (secondary N) is 1. The van der Waals surface area contributed by atoms with Crippen molar-refractivity contribution in [3.8, 4) is 0 Å². The van der Waals surface area contributed by atoms with Gasteiger partial charge in [0.15, 0.2) is 5.16 Å². The van der Waals surface area contributed by atoms with E-state index in [4.69, 9.17) is 4.74 Å². The molecule has 2 heterocycles. The van der Waals surface area contributed by atoms with Crippen LogP contribution in [0.15, 0.2) is 40.3 Å². The summed E-state index contributed by atoms with van der Waals surface area (Å²) >= 11 is 2.93. The molecular weight excluding hydrogens is 332 g/mol. The van der Waals surface area contributed by atoms with E-state index in [-0.39, 0.29) is 11.5 Å². The molecule has 0 aliphatic rings. The van der Waals surface area contributed by atoms with Crippen molar-refractivity contribution >= 4 is 39.3 Å². The quantitative estimate of drug-likeness (QED) is 0.445. The summed E-state index contributed by atoms with van der Waals surface area (Å²) in [5.74, 6) is 0.239. The van der Waals surface area contributed by atoms with Gasteiger partial charge < -0.3 is 9.72 Å². The first-order chi connectivity index (χ1) is 11.1. The molecule has 23 heavy (non-hydrogen) atoms. The topological polar surface area (TPSA) is 72.0 Å². The lowest BCUT2D eigenvalue weighted by molar-refractivity contribution is 0.0600. The Balaban J connectivity index is 1.81. The van der Waals surface area contributed by atoms with Gasteiger partial charge in [-0.25, -0.2) is 9.78 Å². The summed E-state index contributed by atoms with van der Waals surface area (Å²) in [6.45, 7) is 1.96. The summed E-state index contributed by atoms with van der Waals surface area (Å²) in [5, 5.41) is 1.21. The van der Waals surface area contributed by atoms with Crippen LogP contribution in [0, 0.1) is 6.92 Å². The van der Waals surface area contributed by atoms with Gasteiger partial charge in [-0.2, -0.15) is 0 Å². The van der Waals surface area contributed by atoms with Crippen LogP contribution in [0.4, 0.5) is 0 Å². The molecule has 3 aromatic rings. The number of carbonyl (C=O) groups excluding carboxylic acids is 1. The van der Waals surface area contributed by atoms with Gasteiger partial charge in [-0.15, -0.1) is 11.3 Å². The molecule has 0 aliphatic carbocycles. The van der Waals surface area contributed by atoms with E-state index in [1.165, 1.54) is 30.2 Å². The van der Waals surface area contributed by atoms with Crippen LogP contribution in [0.1, 0.15) is 20.8 Å². The van der Waals surface area contributed by atoms with E-state index >= 15 is 0 Å². The van der Waals surface area contributed by atoms with Crippen molar-refractivity contribution in [1.29, 1.82) is 0 Å². The van der Waals surface area contributed by atoms with Gasteiger partial charge in [-0.05, 0) is 30.7 Å². The molecule has 1 aromatic carbocycles. The summed E-state index contributed by atoms with van der Waals surface area (Å²) in [6.07, 6.45) is 0. The fraction of sp³-hybridized carbons (Fsp3) is 0.188. The molecule has 0 bridgehead atoms. The Kier molecular flexibility index (Phi) is 4.49. The molecule has 0 saturated carbocycles. The minimum Gasteiger partial charge on any atom is -0.465 e. The van der Waals surface area contributed by atoms with Gasteiger partial charge in [-0.1, -0.05) is 23.9 Å². The molecule has 0 spiro atoms. The van der Waals surface area contributed by atoms with Crippen molar-refractivity contribution in [2.75, 3.05) is 7.11 Å². The highest BCUT2D eigenvalue weighted by Crippen LogP contribution is 2.24. The maximum atomic E-state index is 12.0. The lowest BCUT2D eigenvalue weighted by Gasteiger charge is -2.04. The molecule has 0 radical (unpaired) electrons. The van der Waals surface area contributed by atoms with Crippen molar-refractivity contribution in [3.63, 3.8) is 0 Å². The fourth-order valence-corrected chi connectivity index (χ4v) is 3.90. The van der Waals surface area contributed by atoms with Gasteiger partial charge in [0.2, 0.25) is 0 Å². The average molecular weight is 346 g/mol. The zero-order valence-corrected chi connectivity index (χ0v) is 14.2. The highest BCUT2D eigenvalue weighted by atomic mass is 32.2. The minimum atomic E-state index is -0.362. The normalized spacial score (nSPS) is 10.9. The molecule has 3 rings (SSSR count). The maximum absolute atomic E-state index is 12.0. The van der Waals surface area contributed by atoms with E-state index in [2.05, 4.69) is 9.97 Å². The number of nitrogens with zero attached hydrogens (tertiary/aromatic N) is 1. The highest BCUT2D eigenvalue weighted by molar-refractivity contribution is 7.98. The lowest BCUT2D eigenvalue weighted by Crippen LogP contribution is -2.07. The Bertz CT molecular complexity index is 930. The predicted octanol–water partition coefficient (Wildman–Crippen LogP) is 3.37. The van der Waals surface area contributed by atoms with Crippen LogP contribution in [-0.4, -0.2) is 23.0 Å². The molecule has 118 valence electrons. The molecule has 0 atom stereocenters. The number of esters is 1. The first-order valence-corrected chi connectivity index (χ1v) is 8.67. The number of thiophene rings is 1. The van der Waals surface area contributed by atoms with Crippen molar-refractivity contribution in [3.05, 3.63) is 56.7 Å². The molecule has 7 heteroatoms. The van der Waals surface area contributed by atoms with Crippen LogP contribution in [-0.2, 0) is 10.5 Å². The number of benzene rings is 1. The number of methoxy groups -OCH3 is 1. The maximum Gasteiger partial charge on any atom is 0.337 e. The second-order valence-electron chi connectivity index (χ2n) is 4.93. The van der Waals surface area contributed by atoms with E-state index in [0.717, 1.165) is 15.3 Å². The van der Waals surface area contributed by atoms with Gasteiger partial charge in [0.25, 0.3) is 5.56 Å². The molecule has 0 fully saturated rings. The number of hydrogen-bond donors (Lipinski definition) is 1. The molecule has 0 unspecified atom stereocenters. The van der Waals surface area contributed by atoms with Crippen molar-refractivity contribution in [1.82, 2.24) is 9.97 Å². The smallest absolute Gasteiger partial charge is 0.337 e. The van der Waals surface area contributed by atoms with E-state index in [0.29, 0.717) is 21.9 Å². The lowest BCUT2D eigenvalue weighted by atomic mass is 10.1. The van der Waals surface area contributed by atoms with Crippen molar-refractivity contribution in [2.45, 2.75) is 17.8 Å². The van der Waals surface area contributed by atoms with Crippen LogP contribution >= 0.6 is 23.1 Å². The third-order valence-corrected chi connectivity index (χ3v) is 5.12. The number of aromatic amines is 1. The number of carbonyl (C=O) groups is 1. The molecule has 5 nitrogen and oxygen atoms in total. The fourth-order valence-electron chi connectivity index (χ4n) is 2.16. The number of fused-ring (bicyclic) bond motifs is 1. The molecule has 2 aromatic heterocycles. The number of hydrogen-bond acceptors (Lipinski definition) is 6. The van der Waals surface area contributed by atoms with Crippen LogP contribution in [0.25, 0.3) is 10.2 Å². The SMILES string of the molecule is COC(=O)c1cccc(CSc2nc3sc(C)cc3c(=O)[nH]2)c1. The summed E-state index contributed by atoms with van der Waals surface area (Å²) < 4.78 is 4.72. The van der Waals surface area contributed by atoms with Gasteiger partial charge in [0.1, 0.15) is 4.83 Å². The Hall–Kier alpha value is -2.12. The predicted molar refractivity (Wildman–Crippen MR) is 92.3 cm³/mol. The largest absolute Gasteiger partial charge is 0.465 e. The summed E-state index contributed by atoms with van der Waals surface area (Å²) in [5.41, 5.74) is 1.35. The number of aromatic nitrogens is 2. The van der Waals surface area contributed by atoms with E-state index in [1.54, 1.807) is 12.1 Å². The first-order valence-electron chi connectivity index (χ1n) is 6.87. The van der Waals surface area contributed by atoms with Gasteiger partial charge in [0, 0.05) is 10.6 Å². The summed E-state index contributed by atoms with van der Waals surface area (Å²) in [6, 6.07) is 9.07. The number of thioether (sulfide) groups is 1. The van der Waals surface area contributed by atoms with E-state index in [1.807, 2.05) is 25.1 Å². The summed E-state index contributed by atoms with van der Waals surface area (Å²) in [4.78, 5) is 32.7. The third-order valence-electron chi connectivity index (χ3n) is 3.23. The Labute approximate surface area is 140 Å². The monoisotopic (exact) mass is 346 g/mol. The van der Waals surface area contributed by atoms with E-state index < -0.39 is 0 Å². The Morgan fingerprint density at radius 3 is 3.00 bits per heavy atom. The number of aryl methyl sites for hydroxylation is 1. The van der Waals surface area contributed by atoms with Crippen LogP contribution in [0.5, 0.6) is 0 Å². The van der Waals surface area contributed by atoms with Crippen LogP contribution in [0.3, 0.4) is 0 Å². The van der Waals surface area contributed by atoms with Gasteiger partial charge in [-0.3, -0.25) is 4.79 Å². The van der Waals surface area contributed by atoms with E-state index in [9.17, 15) is 9.59 Å². The van der Waals surface area contributed by atoms with Crippen LogP contribution < -0.4 is 5.56 Å². The minimum absolute atomic E-state index is 0.120. The van der Waals surface area contributed by atoms with Crippen molar-refractivity contribution in [2.24, 2.45) is 0 Å². The van der Waals surface area contributed by atoms with Crippen LogP contribution in [0.2, 0.25) is 0 Å². The number of H-pyrrole nitrogens is 1. The molecule has 0 saturated heterocycles. The molecule has 0 aliphatic heterocycles. The zero-order chi connectivity index (χ0) is 16.4. The first kappa shape index (κ1) is 15.8. The zero-order valence-electron chi connectivity index (χ0n) is 12.6. The molecular formula is C16H14N2O3S2. The number of rotatable bonds is 4. The highest BCUT2D eigenvalue weighted by Gasteiger charge is 2.09. The van der Waals surface area contributed by atoms with Crippen molar-refractivity contribution < 1.29 is 9.53 Å². The Morgan fingerprint density at radius 1 is 1.39 bits per heavy atom. The second-order valence-corrected chi connectivity index (χ2v) is 7.13. The molecule has 0 amide bonds. The standard InChI is InChI=1S/C16H14N2O3S2/c1-9-6-12-13(19)17-16(18-14(12)23-9)22-8-10-4-3-5-11(7-10)15(20)21-2/h3-7H,8H2,1-2H3,(H,17,18,19). The number of ether oxygens (including phenoxy) is 1. The second kappa shape index (κ2) is 6.55. The Morgan fingerprint density at radius 2 is 2.22 bits per heavy atom. The average Bonchev–Trinajstić information content (AvgIpc) is 2.93. The third kappa shape index (κ3) is 3.46. The summed E-state index contributed by atoms with van der Waals surface area (Å²) in [7, 11) is 1.36. The molecule has 1 N–H and O–H groups in total.